The Morgan fingerprint density at radius 2 is 1.52 bits per heavy atom. The lowest BCUT2D eigenvalue weighted by Crippen LogP contribution is -2.34. The number of alkyl halides is 1. The first kappa shape index (κ1) is 25.3. The summed E-state index contributed by atoms with van der Waals surface area (Å²) in [6.07, 6.45) is 10.9. The molecule has 2 amide bonds. The fourth-order valence-corrected chi connectivity index (χ4v) is 3.09. The average molecular weight is 425 g/mol. The molecule has 2 N–H and O–H groups in total. The van der Waals surface area contributed by atoms with Crippen LogP contribution in [0.1, 0.15) is 81.5 Å². The summed E-state index contributed by atoms with van der Waals surface area (Å²) in [5.41, 5.74) is 0.585. The summed E-state index contributed by atoms with van der Waals surface area (Å²) in [6, 6.07) is 7.18. The zero-order valence-electron chi connectivity index (χ0n) is 17.8. The van der Waals surface area contributed by atoms with Crippen LogP contribution >= 0.6 is 11.6 Å². The maximum atomic E-state index is 12.1. The van der Waals surface area contributed by atoms with Crippen molar-refractivity contribution in [1.29, 1.82) is 0 Å². The molecule has 1 aromatic carbocycles. The summed E-state index contributed by atoms with van der Waals surface area (Å²) in [7, 11) is 0. The molecular formula is C23H37ClN2O3. The predicted molar refractivity (Wildman–Crippen MR) is 120 cm³/mol. The van der Waals surface area contributed by atoms with Gasteiger partial charge in [0.1, 0.15) is 5.75 Å². The SMILES string of the molecule is CCCCCCCCCOc1ccc(C(=O)NCCNC(=O)CCCCCl)cc1. The van der Waals surface area contributed by atoms with Crippen molar-refractivity contribution in [2.45, 2.75) is 71.1 Å². The molecule has 164 valence electrons. The van der Waals surface area contributed by atoms with Crippen molar-refractivity contribution in [2.24, 2.45) is 0 Å². The van der Waals surface area contributed by atoms with Gasteiger partial charge in [-0.05, 0) is 43.5 Å². The number of hydrogen-bond acceptors (Lipinski definition) is 3. The normalized spacial score (nSPS) is 10.6. The number of ether oxygens (including phenoxy) is 1. The Balaban J connectivity index is 2.13. The van der Waals surface area contributed by atoms with E-state index in [1.807, 2.05) is 12.1 Å². The molecule has 0 unspecified atom stereocenters. The molecule has 0 aliphatic heterocycles. The number of hydrogen-bond donors (Lipinski definition) is 2. The van der Waals surface area contributed by atoms with E-state index in [1.165, 1.54) is 38.5 Å². The van der Waals surface area contributed by atoms with E-state index in [0.717, 1.165) is 25.0 Å². The number of rotatable bonds is 17. The minimum atomic E-state index is -0.153. The second-order valence-electron chi connectivity index (χ2n) is 7.25. The number of carbonyl (C=O) groups is 2. The fraction of sp³-hybridized carbons (Fsp3) is 0.652. The molecule has 0 saturated heterocycles. The standard InChI is InChI=1S/C23H37ClN2O3/c1-2-3-4-5-6-7-10-19-29-21-14-12-20(13-15-21)23(28)26-18-17-25-22(27)11-8-9-16-24/h12-15H,2-11,16-19H2,1H3,(H,25,27)(H,26,28). The molecule has 6 heteroatoms. The summed E-state index contributed by atoms with van der Waals surface area (Å²) in [4.78, 5) is 23.7. The van der Waals surface area contributed by atoms with Gasteiger partial charge in [-0.25, -0.2) is 0 Å². The van der Waals surface area contributed by atoms with Gasteiger partial charge in [-0.15, -0.1) is 11.6 Å². The van der Waals surface area contributed by atoms with Crippen LogP contribution in [-0.4, -0.2) is 37.4 Å². The van der Waals surface area contributed by atoms with Crippen LogP contribution in [0.3, 0.4) is 0 Å². The summed E-state index contributed by atoms with van der Waals surface area (Å²) in [5.74, 6) is 1.20. The lowest BCUT2D eigenvalue weighted by molar-refractivity contribution is -0.121. The minimum Gasteiger partial charge on any atom is -0.494 e. The molecular weight excluding hydrogens is 388 g/mol. The molecule has 5 nitrogen and oxygen atoms in total. The average Bonchev–Trinajstić information content (AvgIpc) is 2.73. The summed E-state index contributed by atoms with van der Waals surface area (Å²) >= 11 is 5.58. The van der Waals surface area contributed by atoms with Gasteiger partial charge >= 0.3 is 0 Å². The third-order valence-corrected chi connectivity index (χ3v) is 4.92. The molecule has 0 spiro atoms. The highest BCUT2D eigenvalue weighted by atomic mass is 35.5. The van der Waals surface area contributed by atoms with Crippen LogP contribution in [0.2, 0.25) is 0 Å². The van der Waals surface area contributed by atoms with Gasteiger partial charge in [0.25, 0.3) is 5.91 Å². The van der Waals surface area contributed by atoms with Crippen molar-refractivity contribution >= 4 is 23.4 Å². The maximum Gasteiger partial charge on any atom is 0.251 e. The zero-order valence-corrected chi connectivity index (χ0v) is 18.6. The first-order chi connectivity index (χ1) is 14.2. The number of halogens is 1. The molecule has 0 aromatic heterocycles. The molecule has 0 fully saturated rings. The van der Waals surface area contributed by atoms with Crippen LogP contribution < -0.4 is 15.4 Å². The van der Waals surface area contributed by atoms with Crippen LogP contribution in [0.4, 0.5) is 0 Å². The highest BCUT2D eigenvalue weighted by Crippen LogP contribution is 2.13. The molecule has 0 heterocycles. The Labute approximate surface area is 180 Å². The molecule has 0 saturated carbocycles. The first-order valence-electron chi connectivity index (χ1n) is 11.0. The van der Waals surface area contributed by atoms with E-state index in [0.29, 0.717) is 37.6 Å². The quantitative estimate of drug-likeness (QED) is 0.271. The first-order valence-corrected chi connectivity index (χ1v) is 11.5. The van der Waals surface area contributed by atoms with Gasteiger partial charge in [-0.2, -0.15) is 0 Å². The Morgan fingerprint density at radius 1 is 0.862 bits per heavy atom. The van der Waals surface area contributed by atoms with Gasteiger partial charge in [0.05, 0.1) is 6.61 Å². The van der Waals surface area contributed by atoms with Crippen molar-refractivity contribution in [3.63, 3.8) is 0 Å². The summed E-state index contributed by atoms with van der Waals surface area (Å²) in [5, 5.41) is 5.59. The van der Waals surface area contributed by atoms with Crippen LogP contribution in [0.25, 0.3) is 0 Å². The Hall–Kier alpha value is -1.75. The second-order valence-corrected chi connectivity index (χ2v) is 7.62. The Kier molecular flexibility index (Phi) is 14.9. The van der Waals surface area contributed by atoms with Crippen molar-refractivity contribution < 1.29 is 14.3 Å². The highest BCUT2D eigenvalue weighted by Gasteiger charge is 2.06. The Bertz CT molecular complexity index is 564. The van der Waals surface area contributed by atoms with Crippen LogP contribution in [0, 0.1) is 0 Å². The van der Waals surface area contributed by atoms with Crippen LogP contribution in [-0.2, 0) is 4.79 Å². The monoisotopic (exact) mass is 424 g/mol. The molecule has 0 aliphatic rings. The van der Waals surface area contributed by atoms with E-state index in [2.05, 4.69) is 17.6 Å². The number of unbranched alkanes of at least 4 members (excludes halogenated alkanes) is 7. The minimum absolute atomic E-state index is 0.00757. The smallest absolute Gasteiger partial charge is 0.251 e. The van der Waals surface area contributed by atoms with Crippen molar-refractivity contribution in [3.05, 3.63) is 29.8 Å². The van der Waals surface area contributed by atoms with Gasteiger partial charge in [0.2, 0.25) is 5.91 Å². The largest absolute Gasteiger partial charge is 0.494 e. The van der Waals surface area contributed by atoms with E-state index < -0.39 is 0 Å². The van der Waals surface area contributed by atoms with Gasteiger partial charge < -0.3 is 15.4 Å². The third-order valence-electron chi connectivity index (χ3n) is 4.65. The van der Waals surface area contributed by atoms with Gasteiger partial charge in [-0.1, -0.05) is 45.4 Å². The molecule has 1 rings (SSSR count). The lowest BCUT2D eigenvalue weighted by Gasteiger charge is -2.09. The molecule has 0 bridgehead atoms. The second kappa shape index (κ2) is 17.1. The fourth-order valence-electron chi connectivity index (χ4n) is 2.90. The van der Waals surface area contributed by atoms with Crippen molar-refractivity contribution in [3.8, 4) is 5.75 Å². The van der Waals surface area contributed by atoms with E-state index in [4.69, 9.17) is 16.3 Å². The van der Waals surface area contributed by atoms with E-state index in [-0.39, 0.29) is 11.8 Å². The Morgan fingerprint density at radius 3 is 2.21 bits per heavy atom. The van der Waals surface area contributed by atoms with Crippen molar-refractivity contribution in [2.75, 3.05) is 25.6 Å². The molecule has 0 atom stereocenters. The molecule has 0 radical (unpaired) electrons. The van der Waals surface area contributed by atoms with E-state index >= 15 is 0 Å². The number of benzene rings is 1. The topological polar surface area (TPSA) is 67.4 Å². The number of amides is 2. The molecule has 0 aliphatic carbocycles. The molecule has 29 heavy (non-hydrogen) atoms. The van der Waals surface area contributed by atoms with E-state index in [9.17, 15) is 9.59 Å². The van der Waals surface area contributed by atoms with E-state index in [1.54, 1.807) is 12.1 Å². The zero-order chi connectivity index (χ0) is 21.2. The lowest BCUT2D eigenvalue weighted by atomic mass is 10.1. The molecule has 1 aromatic rings. The predicted octanol–water partition coefficient (Wildman–Crippen LogP) is 5.07. The number of nitrogens with one attached hydrogen (secondary N) is 2. The van der Waals surface area contributed by atoms with Crippen LogP contribution in [0.5, 0.6) is 5.75 Å². The highest BCUT2D eigenvalue weighted by molar-refractivity contribution is 6.17. The third kappa shape index (κ3) is 13.2. The maximum absolute atomic E-state index is 12.1. The van der Waals surface area contributed by atoms with Crippen molar-refractivity contribution in [1.82, 2.24) is 10.6 Å². The van der Waals surface area contributed by atoms with Gasteiger partial charge in [0.15, 0.2) is 0 Å². The summed E-state index contributed by atoms with van der Waals surface area (Å²) in [6.45, 7) is 3.76. The number of carbonyl (C=O) groups excluding carboxylic acids is 2. The van der Waals surface area contributed by atoms with Gasteiger partial charge in [0, 0.05) is 31.0 Å². The van der Waals surface area contributed by atoms with Gasteiger partial charge in [-0.3, -0.25) is 9.59 Å². The van der Waals surface area contributed by atoms with Crippen LogP contribution in [0.15, 0.2) is 24.3 Å². The summed E-state index contributed by atoms with van der Waals surface area (Å²) < 4.78 is 5.75.